The van der Waals surface area contributed by atoms with Crippen molar-refractivity contribution in [2.24, 2.45) is 11.8 Å². The van der Waals surface area contributed by atoms with Gasteiger partial charge >= 0.3 is 0 Å². The summed E-state index contributed by atoms with van der Waals surface area (Å²) in [5.41, 5.74) is 0. The monoisotopic (exact) mass is 221 g/mol. The van der Waals surface area contributed by atoms with Crippen LogP contribution >= 0.6 is 0 Å². The third-order valence-corrected chi connectivity index (χ3v) is 3.46. The fourth-order valence-electron chi connectivity index (χ4n) is 2.22. The molecular weight excluding hydrogens is 198 g/mol. The maximum absolute atomic E-state index is 3.50. The predicted octanol–water partition coefficient (Wildman–Crippen LogP) is 0.533. The highest BCUT2D eigenvalue weighted by Gasteiger charge is 2.17. The fourth-order valence-corrected chi connectivity index (χ4v) is 2.22. The van der Waals surface area contributed by atoms with Gasteiger partial charge in [0.1, 0.15) is 0 Å². The summed E-state index contributed by atoms with van der Waals surface area (Å²) in [7, 11) is 0. The van der Waals surface area contributed by atoms with E-state index in [0.717, 1.165) is 25.6 Å². The lowest BCUT2D eigenvalue weighted by Gasteiger charge is -2.27. The van der Waals surface area contributed by atoms with Gasteiger partial charge in [-0.15, -0.1) is 0 Å². The highest BCUT2D eigenvalue weighted by molar-refractivity contribution is 5.13. The minimum Gasteiger partial charge on any atom is -0.303 e. The molecule has 2 atom stereocenters. The van der Waals surface area contributed by atoms with Crippen molar-refractivity contribution in [1.82, 2.24) is 16.0 Å². The third-order valence-electron chi connectivity index (χ3n) is 3.46. The van der Waals surface area contributed by atoms with Gasteiger partial charge in [-0.25, -0.2) is 0 Å². The van der Waals surface area contributed by atoms with Crippen molar-refractivity contribution < 1.29 is 0 Å². The summed E-state index contributed by atoms with van der Waals surface area (Å²) in [5, 5.41) is 10.3. The lowest BCUT2D eigenvalue weighted by Crippen LogP contribution is -2.50. The van der Waals surface area contributed by atoms with Crippen molar-refractivity contribution in [3.63, 3.8) is 0 Å². The summed E-state index contributed by atoms with van der Waals surface area (Å²) < 4.78 is 0. The van der Waals surface area contributed by atoms with E-state index in [1.54, 1.807) is 0 Å². The molecule has 2 aliphatic rings. The van der Waals surface area contributed by atoms with E-state index in [2.05, 4.69) is 41.6 Å². The maximum Gasteiger partial charge on any atom is 0.0689 e. The molecule has 0 aromatic heterocycles. The van der Waals surface area contributed by atoms with Gasteiger partial charge in [0.05, 0.1) is 12.2 Å². The summed E-state index contributed by atoms with van der Waals surface area (Å²) in [5.74, 6) is 8.06. The molecule has 2 fully saturated rings. The Morgan fingerprint density at radius 1 is 0.875 bits per heavy atom. The Labute approximate surface area is 98.8 Å². The minimum absolute atomic E-state index is 0.426. The molecule has 0 radical (unpaired) electrons. The van der Waals surface area contributed by atoms with Crippen LogP contribution in [0.2, 0.25) is 0 Å². The molecule has 2 saturated heterocycles. The summed E-state index contributed by atoms with van der Waals surface area (Å²) in [6, 6.07) is 0.426. The molecule has 16 heavy (non-hydrogen) atoms. The average molecular weight is 221 g/mol. The lowest BCUT2D eigenvalue weighted by atomic mass is 9.96. The van der Waals surface area contributed by atoms with E-state index in [1.807, 2.05) is 0 Å². The van der Waals surface area contributed by atoms with Gasteiger partial charge < -0.3 is 16.0 Å². The van der Waals surface area contributed by atoms with E-state index in [0.29, 0.717) is 18.1 Å². The van der Waals surface area contributed by atoms with Crippen molar-refractivity contribution in [3.05, 3.63) is 0 Å². The first kappa shape index (κ1) is 11.9. The third kappa shape index (κ3) is 3.48. The van der Waals surface area contributed by atoms with Gasteiger partial charge in [0, 0.05) is 19.0 Å². The fraction of sp³-hybridized carbons (Fsp3) is 0.846. The highest BCUT2D eigenvalue weighted by Crippen LogP contribution is 2.12. The van der Waals surface area contributed by atoms with Crippen LogP contribution in [0.25, 0.3) is 0 Å². The van der Waals surface area contributed by atoms with Crippen molar-refractivity contribution in [1.29, 1.82) is 0 Å². The largest absolute Gasteiger partial charge is 0.303 e. The van der Waals surface area contributed by atoms with Gasteiger partial charge in [-0.2, -0.15) is 0 Å². The van der Waals surface area contributed by atoms with Crippen LogP contribution in [-0.4, -0.2) is 31.8 Å². The van der Waals surface area contributed by atoms with Crippen LogP contribution in [0, 0.1) is 23.7 Å². The quantitative estimate of drug-likeness (QED) is 0.522. The Morgan fingerprint density at radius 3 is 2.25 bits per heavy atom. The number of piperidine rings is 1. The Morgan fingerprint density at radius 2 is 1.62 bits per heavy atom. The van der Waals surface area contributed by atoms with E-state index in [1.165, 1.54) is 12.8 Å². The lowest BCUT2D eigenvalue weighted by molar-refractivity contribution is 0.350. The Bertz CT molecular complexity index is 237. The first-order valence-corrected chi connectivity index (χ1v) is 6.45. The zero-order valence-electron chi connectivity index (χ0n) is 10.3. The smallest absolute Gasteiger partial charge is 0.0689 e. The SMILES string of the molecule is CC1CCC(C#CC2CNC(C)NC2)NC1. The second-order valence-corrected chi connectivity index (χ2v) is 5.17. The molecule has 2 unspecified atom stereocenters. The van der Waals surface area contributed by atoms with Gasteiger partial charge in [0.25, 0.3) is 0 Å². The molecule has 0 bridgehead atoms. The topological polar surface area (TPSA) is 36.1 Å². The zero-order valence-corrected chi connectivity index (χ0v) is 10.3. The molecule has 0 aliphatic carbocycles. The summed E-state index contributed by atoms with van der Waals surface area (Å²) >= 11 is 0. The van der Waals surface area contributed by atoms with Crippen molar-refractivity contribution >= 4 is 0 Å². The molecular formula is C13H23N3. The molecule has 3 N–H and O–H groups in total. The Balaban J connectivity index is 1.76. The van der Waals surface area contributed by atoms with E-state index in [4.69, 9.17) is 0 Å². The van der Waals surface area contributed by atoms with Crippen LogP contribution in [0.3, 0.4) is 0 Å². The van der Waals surface area contributed by atoms with Crippen molar-refractivity contribution in [3.8, 4) is 11.8 Å². The molecule has 2 heterocycles. The average Bonchev–Trinajstić information content (AvgIpc) is 2.30. The van der Waals surface area contributed by atoms with Crippen molar-refractivity contribution in [2.45, 2.75) is 38.9 Å². The Hall–Kier alpha value is -0.560. The Kier molecular flexibility index (Phi) is 4.22. The van der Waals surface area contributed by atoms with Crippen LogP contribution in [0.4, 0.5) is 0 Å². The van der Waals surface area contributed by atoms with Gasteiger partial charge in [0.2, 0.25) is 0 Å². The maximum atomic E-state index is 3.50. The van der Waals surface area contributed by atoms with Gasteiger partial charge in [-0.05, 0) is 32.2 Å². The molecule has 90 valence electrons. The normalized spacial score (nSPS) is 39.9. The molecule has 0 saturated carbocycles. The van der Waals surface area contributed by atoms with Crippen LogP contribution < -0.4 is 16.0 Å². The van der Waals surface area contributed by atoms with Crippen LogP contribution in [0.15, 0.2) is 0 Å². The number of hydrogen-bond donors (Lipinski definition) is 3. The summed E-state index contributed by atoms with van der Waals surface area (Å²) in [4.78, 5) is 0. The molecule has 0 amide bonds. The van der Waals surface area contributed by atoms with Crippen molar-refractivity contribution in [2.75, 3.05) is 19.6 Å². The second-order valence-electron chi connectivity index (χ2n) is 5.17. The molecule has 2 rings (SSSR count). The zero-order chi connectivity index (χ0) is 11.4. The van der Waals surface area contributed by atoms with Crippen LogP contribution in [0.1, 0.15) is 26.7 Å². The molecule has 2 aliphatic heterocycles. The minimum atomic E-state index is 0.426. The molecule has 0 spiro atoms. The highest BCUT2D eigenvalue weighted by atomic mass is 15.1. The van der Waals surface area contributed by atoms with Crippen LogP contribution in [0.5, 0.6) is 0 Å². The van der Waals surface area contributed by atoms with Crippen LogP contribution in [-0.2, 0) is 0 Å². The van der Waals surface area contributed by atoms with E-state index in [9.17, 15) is 0 Å². The summed E-state index contributed by atoms with van der Waals surface area (Å²) in [6.45, 7) is 7.60. The second kappa shape index (κ2) is 5.67. The first-order chi connectivity index (χ1) is 7.74. The van der Waals surface area contributed by atoms with Gasteiger partial charge in [-0.3, -0.25) is 0 Å². The van der Waals surface area contributed by atoms with E-state index >= 15 is 0 Å². The number of rotatable bonds is 0. The van der Waals surface area contributed by atoms with Gasteiger partial charge in [0.15, 0.2) is 0 Å². The number of hydrogen-bond acceptors (Lipinski definition) is 3. The predicted molar refractivity (Wildman–Crippen MR) is 66.9 cm³/mol. The molecule has 0 aromatic rings. The van der Waals surface area contributed by atoms with Gasteiger partial charge in [-0.1, -0.05) is 18.8 Å². The first-order valence-electron chi connectivity index (χ1n) is 6.45. The van der Waals surface area contributed by atoms with E-state index in [-0.39, 0.29) is 0 Å². The van der Waals surface area contributed by atoms with E-state index < -0.39 is 0 Å². The standard InChI is InChI=1S/C13H23N3/c1-10-3-5-13(16-7-10)6-4-12-8-14-11(2)15-9-12/h10-16H,3,5,7-9H2,1-2H3. The number of nitrogens with one attached hydrogen (secondary N) is 3. The molecule has 3 nitrogen and oxygen atoms in total. The summed E-state index contributed by atoms with van der Waals surface area (Å²) in [6.07, 6.45) is 2.95. The molecule has 3 heteroatoms. The molecule has 0 aromatic carbocycles.